The van der Waals surface area contributed by atoms with Crippen molar-refractivity contribution in [2.75, 3.05) is 0 Å². The quantitative estimate of drug-likeness (QED) is 0.231. The standard InChI is InChI=1S/C23H26O3.C5H9NO2/c1-14-12-18-19(23(4,5)11-10-22(18,2)3)13-17(14)20(24)15-6-8-16(9-7-15)21(25)26;1-4(2)3-5(7)6-8/h6-9,12-13H,10-11H2,1-5H3,(H,25,26);3,8H,1-2H3,(H,6,7). The van der Waals surface area contributed by atoms with Gasteiger partial charge in [0.25, 0.3) is 5.91 Å². The molecule has 0 heterocycles. The van der Waals surface area contributed by atoms with Gasteiger partial charge in [0.2, 0.25) is 0 Å². The summed E-state index contributed by atoms with van der Waals surface area (Å²) >= 11 is 0. The summed E-state index contributed by atoms with van der Waals surface area (Å²) in [5.41, 5.74) is 7.47. The summed E-state index contributed by atoms with van der Waals surface area (Å²) in [6.07, 6.45) is 3.54. The van der Waals surface area contributed by atoms with E-state index in [-0.39, 0.29) is 22.2 Å². The molecular formula is C28H35NO5. The number of ketones is 1. The number of nitrogens with one attached hydrogen (secondary N) is 1. The number of hydroxylamine groups is 1. The number of allylic oxidation sites excluding steroid dienone is 1. The maximum Gasteiger partial charge on any atom is 0.335 e. The molecule has 0 spiro atoms. The van der Waals surface area contributed by atoms with Crippen molar-refractivity contribution < 1.29 is 24.7 Å². The Morgan fingerprint density at radius 2 is 1.35 bits per heavy atom. The first-order chi connectivity index (χ1) is 15.7. The van der Waals surface area contributed by atoms with Crippen LogP contribution in [0.3, 0.4) is 0 Å². The van der Waals surface area contributed by atoms with E-state index in [1.807, 2.05) is 6.92 Å². The van der Waals surface area contributed by atoms with Gasteiger partial charge in [-0.25, -0.2) is 10.3 Å². The molecule has 0 radical (unpaired) electrons. The van der Waals surface area contributed by atoms with Gasteiger partial charge >= 0.3 is 5.97 Å². The number of benzene rings is 2. The van der Waals surface area contributed by atoms with Gasteiger partial charge in [-0.05, 0) is 79.3 Å². The van der Waals surface area contributed by atoms with Gasteiger partial charge in [-0.2, -0.15) is 0 Å². The zero-order valence-corrected chi connectivity index (χ0v) is 21.1. The molecule has 182 valence electrons. The third kappa shape index (κ3) is 6.20. The second-order valence-corrected chi connectivity index (χ2v) is 10.4. The van der Waals surface area contributed by atoms with E-state index >= 15 is 0 Å². The predicted molar refractivity (Wildman–Crippen MR) is 133 cm³/mol. The topological polar surface area (TPSA) is 104 Å². The Labute approximate surface area is 201 Å². The molecule has 0 aromatic heterocycles. The predicted octanol–water partition coefficient (Wildman–Crippen LogP) is 5.73. The van der Waals surface area contributed by atoms with Crippen molar-refractivity contribution in [1.29, 1.82) is 0 Å². The SMILES string of the molecule is CC(C)=CC(=O)NO.Cc1cc2c(cc1C(=O)c1ccc(C(=O)O)cc1)C(C)(C)CCC2(C)C. The van der Waals surface area contributed by atoms with Crippen molar-refractivity contribution in [3.8, 4) is 0 Å². The maximum absolute atomic E-state index is 13.1. The Bertz CT molecular complexity index is 1120. The highest BCUT2D eigenvalue weighted by Gasteiger charge is 2.37. The van der Waals surface area contributed by atoms with Gasteiger partial charge in [0.15, 0.2) is 5.78 Å². The van der Waals surface area contributed by atoms with Crippen LogP contribution in [-0.2, 0) is 15.6 Å². The summed E-state index contributed by atoms with van der Waals surface area (Å²) in [4.78, 5) is 34.3. The van der Waals surface area contributed by atoms with E-state index < -0.39 is 11.9 Å². The van der Waals surface area contributed by atoms with Crippen molar-refractivity contribution in [1.82, 2.24) is 5.48 Å². The average Bonchev–Trinajstić information content (AvgIpc) is 2.76. The molecule has 3 N–H and O–H groups in total. The lowest BCUT2D eigenvalue weighted by Gasteiger charge is -2.42. The van der Waals surface area contributed by atoms with E-state index in [1.54, 1.807) is 26.0 Å². The van der Waals surface area contributed by atoms with Crippen LogP contribution in [0, 0.1) is 6.92 Å². The van der Waals surface area contributed by atoms with Crippen molar-refractivity contribution in [2.45, 2.75) is 72.1 Å². The molecule has 0 fully saturated rings. The molecule has 3 rings (SSSR count). The summed E-state index contributed by atoms with van der Waals surface area (Å²) in [6.45, 7) is 14.6. The maximum atomic E-state index is 13.1. The normalized spacial score (nSPS) is 15.2. The van der Waals surface area contributed by atoms with Crippen LogP contribution in [0.15, 0.2) is 48.0 Å². The molecule has 1 amide bonds. The Hall–Kier alpha value is -3.25. The number of amides is 1. The summed E-state index contributed by atoms with van der Waals surface area (Å²) in [6, 6.07) is 10.4. The van der Waals surface area contributed by atoms with Gasteiger partial charge in [0, 0.05) is 17.2 Å². The molecule has 0 unspecified atom stereocenters. The summed E-state index contributed by atoms with van der Waals surface area (Å²) < 4.78 is 0. The van der Waals surface area contributed by atoms with Gasteiger partial charge < -0.3 is 5.11 Å². The Morgan fingerprint density at radius 1 is 0.882 bits per heavy atom. The summed E-state index contributed by atoms with van der Waals surface area (Å²) in [5.74, 6) is -1.52. The van der Waals surface area contributed by atoms with Gasteiger partial charge in [-0.1, -0.05) is 51.5 Å². The van der Waals surface area contributed by atoms with E-state index in [0.29, 0.717) is 11.1 Å². The fourth-order valence-electron chi connectivity index (χ4n) is 4.18. The number of carboxylic acids is 1. The van der Waals surface area contributed by atoms with Crippen molar-refractivity contribution in [2.24, 2.45) is 0 Å². The largest absolute Gasteiger partial charge is 0.478 e. The van der Waals surface area contributed by atoms with Crippen LogP contribution in [0.25, 0.3) is 0 Å². The highest BCUT2D eigenvalue weighted by molar-refractivity contribution is 6.10. The number of fused-ring (bicyclic) bond motifs is 1. The smallest absolute Gasteiger partial charge is 0.335 e. The second kappa shape index (κ2) is 10.3. The monoisotopic (exact) mass is 465 g/mol. The van der Waals surface area contributed by atoms with Crippen LogP contribution in [0.2, 0.25) is 0 Å². The molecule has 2 aromatic carbocycles. The van der Waals surface area contributed by atoms with E-state index in [0.717, 1.165) is 24.0 Å². The van der Waals surface area contributed by atoms with Crippen molar-refractivity contribution in [3.63, 3.8) is 0 Å². The molecule has 2 aromatic rings. The van der Waals surface area contributed by atoms with Crippen LogP contribution >= 0.6 is 0 Å². The number of carbonyl (C=O) groups excluding carboxylic acids is 2. The average molecular weight is 466 g/mol. The molecule has 0 bridgehead atoms. The number of carbonyl (C=O) groups is 3. The minimum Gasteiger partial charge on any atom is -0.478 e. The molecule has 0 atom stereocenters. The molecule has 0 saturated heterocycles. The number of rotatable bonds is 4. The minimum absolute atomic E-state index is 0.0424. The lowest BCUT2D eigenvalue weighted by molar-refractivity contribution is -0.124. The molecule has 6 heteroatoms. The molecule has 1 aliphatic rings. The molecular weight excluding hydrogens is 430 g/mol. The number of aryl methyl sites for hydroxylation is 1. The lowest BCUT2D eigenvalue weighted by Crippen LogP contribution is -2.34. The third-order valence-corrected chi connectivity index (χ3v) is 6.37. The molecule has 0 aliphatic heterocycles. The van der Waals surface area contributed by atoms with Crippen LogP contribution in [0.1, 0.15) is 97.4 Å². The first-order valence-electron chi connectivity index (χ1n) is 11.3. The first-order valence-corrected chi connectivity index (χ1v) is 11.3. The Kier molecular flexibility index (Phi) is 8.22. The van der Waals surface area contributed by atoms with E-state index in [9.17, 15) is 14.4 Å². The number of aromatic carboxylic acids is 1. The number of hydrogen-bond acceptors (Lipinski definition) is 4. The van der Waals surface area contributed by atoms with E-state index in [4.69, 9.17) is 10.3 Å². The molecule has 0 saturated carbocycles. The van der Waals surface area contributed by atoms with Crippen molar-refractivity contribution >= 4 is 17.7 Å². The zero-order valence-electron chi connectivity index (χ0n) is 21.1. The Balaban J connectivity index is 0.000000440. The zero-order chi connectivity index (χ0) is 25.8. The van der Waals surface area contributed by atoms with Crippen LogP contribution < -0.4 is 5.48 Å². The van der Waals surface area contributed by atoms with E-state index in [2.05, 4.69) is 39.8 Å². The molecule has 1 aliphatic carbocycles. The van der Waals surface area contributed by atoms with E-state index in [1.165, 1.54) is 34.8 Å². The fourth-order valence-corrected chi connectivity index (χ4v) is 4.18. The molecule has 34 heavy (non-hydrogen) atoms. The fraction of sp³-hybridized carbons (Fsp3) is 0.393. The lowest BCUT2D eigenvalue weighted by atomic mass is 9.62. The Morgan fingerprint density at radius 3 is 1.76 bits per heavy atom. The van der Waals surface area contributed by atoms with Crippen LogP contribution in [0.5, 0.6) is 0 Å². The number of carboxylic acid groups (broad SMARTS) is 1. The highest BCUT2D eigenvalue weighted by atomic mass is 16.5. The highest BCUT2D eigenvalue weighted by Crippen LogP contribution is 2.46. The third-order valence-electron chi connectivity index (χ3n) is 6.37. The molecule has 6 nitrogen and oxygen atoms in total. The summed E-state index contributed by atoms with van der Waals surface area (Å²) in [7, 11) is 0. The van der Waals surface area contributed by atoms with Gasteiger partial charge in [-0.3, -0.25) is 14.8 Å². The number of hydrogen-bond donors (Lipinski definition) is 3. The van der Waals surface area contributed by atoms with Gasteiger partial charge in [-0.15, -0.1) is 0 Å². The van der Waals surface area contributed by atoms with Crippen LogP contribution in [-0.4, -0.2) is 28.0 Å². The van der Waals surface area contributed by atoms with Crippen molar-refractivity contribution in [3.05, 3.63) is 81.4 Å². The second-order valence-electron chi connectivity index (χ2n) is 10.4. The van der Waals surface area contributed by atoms with Gasteiger partial charge in [0.1, 0.15) is 0 Å². The van der Waals surface area contributed by atoms with Crippen LogP contribution in [0.4, 0.5) is 0 Å². The summed E-state index contributed by atoms with van der Waals surface area (Å²) in [5, 5.41) is 17.0. The first kappa shape index (κ1) is 27.0. The van der Waals surface area contributed by atoms with Gasteiger partial charge in [0.05, 0.1) is 5.56 Å². The minimum atomic E-state index is -0.988.